The van der Waals surface area contributed by atoms with Crippen LogP contribution in [-0.2, 0) is 4.79 Å². The maximum Gasteiger partial charge on any atom is 0.236 e. The van der Waals surface area contributed by atoms with Gasteiger partial charge in [-0.1, -0.05) is 13.8 Å². The maximum atomic E-state index is 11.5. The molecule has 1 unspecified atom stereocenters. The minimum Gasteiger partial charge on any atom is -0.354 e. The van der Waals surface area contributed by atoms with Gasteiger partial charge in [-0.05, 0) is 19.8 Å². The van der Waals surface area contributed by atoms with E-state index in [9.17, 15) is 4.79 Å². The highest BCUT2D eigenvalue weighted by Gasteiger charge is 2.10. The van der Waals surface area contributed by atoms with Crippen molar-refractivity contribution in [3.8, 4) is 11.8 Å². The standard InChI is InChI=1S/C12H22N2O/c1-5-6-7-8-13-11(4)12(15)14-9-10(2)3/h10-11,13H,7-9H2,1-4H3,(H,14,15). The van der Waals surface area contributed by atoms with Crippen LogP contribution in [0.5, 0.6) is 0 Å². The van der Waals surface area contributed by atoms with E-state index >= 15 is 0 Å². The summed E-state index contributed by atoms with van der Waals surface area (Å²) in [6.45, 7) is 9.34. The number of nitrogens with one attached hydrogen (secondary N) is 2. The summed E-state index contributed by atoms with van der Waals surface area (Å²) in [5, 5.41) is 6.01. The summed E-state index contributed by atoms with van der Waals surface area (Å²) in [5.74, 6) is 6.32. The first kappa shape index (κ1) is 14.0. The molecule has 0 radical (unpaired) electrons. The normalized spacial score (nSPS) is 11.8. The quantitative estimate of drug-likeness (QED) is 0.510. The summed E-state index contributed by atoms with van der Waals surface area (Å²) in [6, 6.07) is -0.137. The number of carbonyl (C=O) groups excluding carboxylic acids is 1. The Morgan fingerprint density at radius 3 is 2.53 bits per heavy atom. The Balaban J connectivity index is 3.63. The average Bonchev–Trinajstić information content (AvgIpc) is 2.20. The smallest absolute Gasteiger partial charge is 0.236 e. The van der Waals surface area contributed by atoms with Gasteiger partial charge in [0.25, 0.3) is 0 Å². The van der Waals surface area contributed by atoms with Crippen molar-refractivity contribution in [3.05, 3.63) is 0 Å². The zero-order valence-corrected chi connectivity index (χ0v) is 10.2. The molecule has 0 bridgehead atoms. The van der Waals surface area contributed by atoms with Crippen LogP contribution in [0.15, 0.2) is 0 Å². The monoisotopic (exact) mass is 210 g/mol. The molecule has 0 aliphatic carbocycles. The molecule has 3 heteroatoms. The molecule has 0 aromatic rings. The van der Waals surface area contributed by atoms with Crippen LogP contribution in [0.2, 0.25) is 0 Å². The number of rotatable bonds is 6. The van der Waals surface area contributed by atoms with E-state index in [-0.39, 0.29) is 11.9 Å². The van der Waals surface area contributed by atoms with E-state index in [0.29, 0.717) is 5.92 Å². The zero-order chi connectivity index (χ0) is 11.7. The van der Waals surface area contributed by atoms with Gasteiger partial charge in [0.2, 0.25) is 5.91 Å². The van der Waals surface area contributed by atoms with Crippen LogP contribution in [-0.4, -0.2) is 25.0 Å². The molecular formula is C12H22N2O. The Hall–Kier alpha value is -1.01. The minimum atomic E-state index is -0.137. The molecule has 0 saturated heterocycles. The van der Waals surface area contributed by atoms with Crippen LogP contribution >= 0.6 is 0 Å². The van der Waals surface area contributed by atoms with E-state index in [1.165, 1.54) is 0 Å². The second kappa shape index (κ2) is 8.31. The molecule has 3 nitrogen and oxygen atoms in total. The van der Waals surface area contributed by atoms with Crippen LogP contribution in [0.1, 0.15) is 34.1 Å². The van der Waals surface area contributed by atoms with Gasteiger partial charge in [-0.15, -0.1) is 11.8 Å². The van der Waals surface area contributed by atoms with Crippen LogP contribution in [0.3, 0.4) is 0 Å². The second-order valence-electron chi connectivity index (χ2n) is 3.99. The van der Waals surface area contributed by atoms with Crippen molar-refractivity contribution < 1.29 is 4.79 Å². The van der Waals surface area contributed by atoms with Crippen LogP contribution in [0.25, 0.3) is 0 Å². The van der Waals surface area contributed by atoms with Crippen LogP contribution in [0, 0.1) is 17.8 Å². The largest absolute Gasteiger partial charge is 0.354 e. The van der Waals surface area contributed by atoms with Gasteiger partial charge in [-0.25, -0.2) is 0 Å². The van der Waals surface area contributed by atoms with E-state index in [0.717, 1.165) is 19.5 Å². The first-order chi connectivity index (χ1) is 7.07. The highest BCUT2D eigenvalue weighted by molar-refractivity contribution is 5.81. The average molecular weight is 210 g/mol. The highest BCUT2D eigenvalue weighted by Crippen LogP contribution is 1.89. The third-order valence-corrected chi connectivity index (χ3v) is 1.96. The lowest BCUT2D eigenvalue weighted by atomic mass is 10.2. The van der Waals surface area contributed by atoms with Gasteiger partial charge in [0.1, 0.15) is 0 Å². The number of hydrogen-bond acceptors (Lipinski definition) is 2. The van der Waals surface area contributed by atoms with Crippen molar-refractivity contribution in [2.45, 2.75) is 40.2 Å². The molecule has 0 aromatic carbocycles. The van der Waals surface area contributed by atoms with Crippen LogP contribution in [0.4, 0.5) is 0 Å². The molecule has 0 heterocycles. The molecular weight excluding hydrogens is 188 g/mol. The number of carbonyl (C=O) groups is 1. The molecule has 0 spiro atoms. The molecule has 0 fully saturated rings. The highest BCUT2D eigenvalue weighted by atomic mass is 16.2. The molecule has 0 rings (SSSR count). The summed E-state index contributed by atoms with van der Waals surface area (Å²) in [4.78, 5) is 11.5. The van der Waals surface area contributed by atoms with Gasteiger partial charge in [-0.2, -0.15) is 0 Å². The van der Waals surface area contributed by atoms with Gasteiger partial charge in [0.05, 0.1) is 6.04 Å². The van der Waals surface area contributed by atoms with Gasteiger partial charge < -0.3 is 10.6 Å². The third kappa shape index (κ3) is 8.02. The Morgan fingerprint density at radius 2 is 2.00 bits per heavy atom. The van der Waals surface area contributed by atoms with Crippen LogP contribution < -0.4 is 10.6 Å². The Morgan fingerprint density at radius 1 is 1.33 bits per heavy atom. The lowest BCUT2D eigenvalue weighted by Gasteiger charge is -2.14. The molecule has 2 N–H and O–H groups in total. The van der Waals surface area contributed by atoms with E-state index in [1.807, 2.05) is 13.8 Å². The molecule has 15 heavy (non-hydrogen) atoms. The molecule has 0 saturated carbocycles. The van der Waals surface area contributed by atoms with Gasteiger partial charge >= 0.3 is 0 Å². The first-order valence-corrected chi connectivity index (χ1v) is 5.48. The maximum absolute atomic E-state index is 11.5. The van der Waals surface area contributed by atoms with E-state index < -0.39 is 0 Å². The predicted octanol–water partition coefficient (Wildman–Crippen LogP) is 1.15. The molecule has 0 aromatic heterocycles. The van der Waals surface area contributed by atoms with Crippen molar-refractivity contribution in [2.24, 2.45) is 5.92 Å². The summed E-state index contributed by atoms with van der Waals surface area (Å²) >= 11 is 0. The predicted molar refractivity (Wildman–Crippen MR) is 63.4 cm³/mol. The Kier molecular flexibility index (Phi) is 7.75. The van der Waals surface area contributed by atoms with Crippen molar-refractivity contribution in [3.63, 3.8) is 0 Å². The van der Waals surface area contributed by atoms with Crippen molar-refractivity contribution in [2.75, 3.05) is 13.1 Å². The molecule has 86 valence electrons. The van der Waals surface area contributed by atoms with Gasteiger partial charge in [0.15, 0.2) is 0 Å². The molecule has 0 aliphatic heterocycles. The summed E-state index contributed by atoms with van der Waals surface area (Å²) in [6.07, 6.45) is 0.790. The van der Waals surface area contributed by atoms with E-state index in [1.54, 1.807) is 0 Å². The fourth-order valence-electron chi connectivity index (χ4n) is 1.03. The lowest BCUT2D eigenvalue weighted by molar-refractivity contribution is -0.122. The second-order valence-corrected chi connectivity index (χ2v) is 3.99. The van der Waals surface area contributed by atoms with E-state index in [2.05, 4.69) is 36.3 Å². The van der Waals surface area contributed by atoms with Gasteiger partial charge in [0, 0.05) is 19.5 Å². The summed E-state index contributed by atoms with van der Waals surface area (Å²) < 4.78 is 0. The number of amides is 1. The topological polar surface area (TPSA) is 41.1 Å². The molecule has 0 aliphatic rings. The Bertz CT molecular complexity index is 238. The molecule has 1 atom stereocenters. The van der Waals surface area contributed by atoms with Gasteiger partial charge in [-0.3, -0.25) is 4.79 Å². The number of hydrogen-bond donors (Lipinski definition) is 2. The van der Waals surface area contributed by atoms with Crippen molar-refractivity contribution >= 4 is 5.91 Å². The Labute approximate surface area is 93.0 Å². The third-order valence-electron chi connectivity index (χ3n) is 1.96. The zero-order valence-electron chi connectivity index (χ0n) is 10.2. The lowest BCUT2D eigenvalue weighted by Crippen LogP contribution is -2.43. The minimum absolute atomic E-state index is 0.0631. The first-order valence-electron chi connectivity index (χ1n) is 5.48. The van der Waals surface area contributed by atoms with Crippen molar-refractivity contribution in [1.29, 1.82) is 0 Å². The molecule has 1 amide bonds. The van der Waals surface area contributed by atoms with E-state index in [4.69, 9.17) is 0 Å². The fraction of sp³-hybridized carbons (Fsp3) is 0.750. The summed E-state index contributed by atoms with van der Waals surface area (Å²) in [7, 11) is 0. The summed E-state index contributed by atoms with van der Waals surface area (Å²) in [5.41, 5.74) is 0. The van der Waals surface area contributed by atoms with Crippen molar-refractivity contribution in [1.82, 2.24) is 10.6 Å². The fourth-order valence-corrected chi connectivity index (χ4v) is 1.03. The SMILES string of the molecule is CC#CCCNC(C)C(=O)NCC(C)C.